The molecule has 1 amide bonds. The number of benzene rings is 1. The summed E-state index contributed by atoms with van der Waals surface area (Å²) in [7, 11) is 0. The van der Waals surface area contributed by atoms with Crippen LogP contribution in [-0.2, 0) is 27.3 Å². The molecule has 8 nitrogen and oxygen atoms in total. The monoisotopic (exact) mass is 537 g/mol. The molecule has 1 saturated carbocycles. The van der Waals surface area contributed by atoms with Crippen LogP contribution in [0.25, 0.3) is 0 Å². The normalized spacial score (nSPS) is 20.6. The van der Waals surface area contributed by atoms with Crippen LogP contribution in [0.2, 0.25) is 0 Å². The lowest BCUT2D eigenvalue weighted by Crippen LogP contribution is -2.43. The Morgan fingerprint density at radius 1 is 1.19 bits per heavy atom. The van der Waals surface area contributed by atoms with Crippen LogP contribution in [0.3, 0.4) is 0 Å². The molecule has 2 aromatic rings. The summed E-state index contributed by atoms with van der Waals surface area (Å²) >= 11 is 1.30. The summed E-state index contributed by atoms with van der Waals surface area (Å²) in [6.45, 7) is 1.34. The largest absolute Gasteiger partial charge is 0.493 e. The number of halogens is 2. The zero-order valence-electron chi connectivity index (χ0n) is 20.7. The Morgan fingerprint density at radius 3 is 2.70 bits per heavy atom. The number of fused-ring (bicyclic) bond motifs is 1. The number of thiazole rings is 1. The van der Waals surface area contributed by atoms with E-state index in [1.165, 1.54) is 11.3 Å². The number of alkyl halides is 2. The van der Waals surface area contributed by atoms with Gasteiger partial charge in [-0.25, -0.2) is 13.8 Å². The standard InChI is InChI=1S/C26H33F2N3O5S/c27-23(28)16-35-26-30-21-15-31(12-10-22(21)37-26)25(36-17-32)14-18-6-8-19(9-7-18)29-24(33)11-13-34-20-4-2-1-3-5-20/h1-5,17-19,23,25H,6-16H2,(H,29,33)/t18-,19-,25?. The first-order valence-electron chi connectivity index (χ1n) is 12.7. The Balaban J connectivity index is 1.19. The van der Waals surface area contributed by atoms with Crippen molar-refractivity contribution in [2.75, 3.05) is 19.8 Å². The second-order valence-corrected chi connectivity index (χ2v) is 10.4. The van der Waals surface area contributed by atoms with Crippen molar-refractivity contribution in [2.45, 2.75) is 70.2 Å². The first-order chi connectivity index (χ1) is 18.0. The first-order valence-corrected chi connectivity index (χ1v) is 13.5. The summed E-state index contributed by atoms with van der Waals surface area (Å²) < 4.78 is 41.0. The van der Waals surface area contributed by atoms with Crippen LogP contribution < -0.4 is 14.8 Å². The van der Waals surface area contributed by atoms with Gasteiger partial charge in [-0.3, -0.25) is 14.5 Å². The van der Waals surface area contributed by atoms with Crippen molar-refractivity contribution in [3.8, 4) is 10.9 Å². The predicted molar refractivity (Wildman–Crippen MR) is 134 cm³/mol. The molecule has 0 radical (unpaired) electrons. The highest BCUT2D eigenvalue weighted by molar-refractivity contribution is 7.13. The van der Waals surface area contributed by atoms with Crippen molar-refractivity contribution >= 4 is 23.7 Å². The summed E-state index contributed by atoms with van der Waals surface area (Å²) in [6, 6.07) is 9.58. The average Bonchev–Trinajstić information content (AvgIpc) is 3.31. The van der Waals surface area contributed by atoms with Gasteiger partial charge in [0.05, 0.1) is 18.7 Å². The van der Waals surface area contributed by atoms with Gasteiger partial charge < -0.3 is 19.5 Å². The first kappa shape index (κ1) is 27.3. The third-order valence-corrected chi connectivity index (χ3v) is 7.85. The summed E-state index contributed by atoms with van der Waals surface area (Å²) in [5.74, 6) is 1.12. The van der Waals surface area contributed by atoms with Crippen molar-refractivity contribution in [1.82, 2.24) is 15.2 Å². The van der Waals surface area contributed by atoms with Crippen molar-refractivity contribution < 1.29 is 32.6 Å². The van der Waals surface area contributed by atoms with Gasteiger partial charge in [0.1, 0.15) is 5.75 Å². The van der Waals surface area contributed by atoms with Gasteiger partial charge in [-0.05, 0) is 50.2 Å². The van der Waals surface area contributed by atoms with Crippen LogP contribution in [0.15, 0.2) is 30.3 Å². The molecule has 37 heavy (non-hydrogen) atoms. The van der Waals surface area contributed by atoms with E-state index in [0.29, 0.717) is 51.3 Å². The van der Waals surface area contributed by atoms with Gasteiger partial charge in [-0.1, -0.05) is 29.5 Å². The Morgan fingerprint density at radius 2 is 1.97 bits per heavy atom. The lowest BCUT2D eigenvalue weighted by atomic mass is 9.83. The molecule has 1 aliphatic heterocycles. The Kier molecular flexibility index (Phi) is 10.1. The molecule has 1 aromatic heterocycles. The van der Waals surface area contributed by atoms with Crippen molar-refractivity contribution in [3.05, 3.63) is 40.9 Å². The topological polar surface area (TPSA) is 90.0 Å². The van der Waals surface area contributed by atoms with Crippen LogP contribution in [0, 0.1) is 5.92 Å². The van der Waals surface area contributed by atoms with Gasteiger partial charge in [-0.2, -0.15) is 0 Å². The molecule has 11 heteroatoms. The van der Waals surface area contributed by atoms with E-state index in [-0.39, 0.29) is 23.4 Å². The van der Waals surface area contributed by atoms with E-state index in [4.69, 9.17) is 14.2 Å². The molecule has 1 N–H and O–H groups in total. The highest BCUT2D eigenvalue weighted by Gasteiger charge is 2.31. The zero-order valence-corrected chi connectivity index (χ0v) is 21.5. The van der Waals surface area contributed by atoms with Crippen molar-refractivity contribution in [1.29, 1.82) is 0 Å². The maximum Gasteiger partial charge on any atom is 0.294 e. The van der Waals surface area contributed by atoms with Gasteiger partial charge in [0, 0.05) is 30.4 Å². The number of hydrogen-bond acceptors (Lipinski definition) is 8. The molecule has 1 unspecified atom stereocenters. The highest BCUT2D eigenvalue weighted by atomic mass is 32.1. The molecule has 1 aromatic carbocycles. The van der Waals surface area contributed by atoms with Crippen LogP contribution in [0.5, 0.6) is 10.9 Å². The quantitative estimate of drug-likeness (QED) is 0.384. The molecule has 202 valence electrons. The zero-order chi connectivity index (χ0) is 26.0. The fourth-order valence-corrected chi connectivity index (χ4v) is 5.81. The van der Waals surface area contributed by atoms with Crippen LogP contribution in [0.1, 0.15) is 49.1 Å². The maximum absolute atomic E-state index is 12.4. The van der Waals surface area contributed by atoms with Crippen LogP contribution in [0.4, 0.5) is 8.78 Å². The summed E-state index contributed by atoms with van der Waals surface area (Å²) in [5, 5.41) is 3.37. The van der Waals surface area contributed by atoms with Gasteiger partial charge in [0.25, 0.3) is 18.1 Å². The Bertz CT molecular complexity index is 1000. The molecule has 4 rings (SSSR count). The van der Waals surface area contributed by atoms with Gasteiger partial charge >= 0.3 is 0 Å². The van der Waals surface area contributed by atoms with Crippen LogP contribution in [-0.4, -0.2) is 60.7 Å². The van der Waals surface area contributed by atoms with E-state index in [1.54, 1.807) is 0 Å². The van der Waals surface area contributed by atoms with E-state index < -0.39 is 13.0 Å². The minimum Gasteiger partial charge on any atom is -0.493 e. The molecular formula is C26H33F2N3O5S. The number of hydrogen-bond donors (Lipinski definition) is 1. The minimum absolute atomic E-state index is 0.00849. The molecular weight excluding hydrogens is 504 g/mol. The number of carbonyl (C=O) groups excluding carboxylic acids is 2. The van der Waals surface area contributed by atoms with E-state index in [2.05, 4.69) is 15.2 Å². The fraction of sp³-hybridized carbons (Fsp3) is 0.577. The second kappa shape index (κ2) is 13.7. The van der Waals surface area contributed by atoms with E-state index >= 15 is 0 Å². The number of para-hydroxylation sites is 1. The lowest BCUT2D eigenvalue weighted by Gasteiger charge is -2.36. The van der Waals surface area contributed by atoms with E-state index in [9.17, 15) is 18.4 Å². The van der Waals surface area contributed by atoms with Crippen LogP contribution >= 0.6 is 11.3 Å². The van der Waals surface area contributed by atoms with Crippen molar-refractivity contribution in [3.63, 3.8) is 0 Å². The number of carbonyl (C=O) groups is 2. The Labute approximate surface area is 219 Å². The second-order valence-electron chi connectivity index (χ2n) is 9.39. The molecule has 2 aliphatic rings. The molecule has 0 bridgehead atoms. The third kappa shape index (κ3) is 8.36. The van der Waals surface area contributed by atoms with E-state index in [0.717, 1.165) is 42.0 Å². The Hall–Kier alpha value is -2.79. The predicted octanol–water partition coefficient (Wildman–Crippen LogP) is 4.18. The summed E-state index contributed by atoms with van der Waals surface area (Å²) in [4.78, 5) is 31.0. The maximum atomic E-state index is 12.4. The number of rotatable bonds is 13. The third-order valence-electron chi connectivity index (χ3n) is 6.78. The highest BCUT2D eigenvalue weighted by Crippen LogP contribution is 2.34. The lowest BCUT2D eigenvalue weighted by molar-refractivity contribution is -0.147. The van der Waals surface area contributed by atoms with Crippen molar-refractivity contribution in [2.24, 2.45) is 5.92 Å². The number of nitrogens with zero attached hydrogens (tertiary/aromatic N) is 2. The fourth-order valence-electron chi connectivity index (χ4n) is 4.90. The number of amides is 1. The summed E-state index contributed by atoms with van der Waals surface area (Å²) in [6.07, 6.45) is 2.44. The smallest absolute Gasteiger partial charge is 0.294 e. The molecule has 2 heterocycles. The van der Waals surface area contributed by atoms with Gasteiger partial charge in [0.15, 0.2) is 12.8 Å². The van der Waals surface area contributed by atoms with E-state index in [1.807, 2.05) is 30.3 Å². The molecule has 1 fully saturated rings. The number of ether oxygens (including phenoxy) is 3. The SMILES string of the molecule is O=COC(C[C@H]1CC[C@H](NC(=O)CCOc2ccccc2)CC1)N1CCc2sc(OCC(F)F)nc2C1. The number of aromatic nitrogens is 1. The molecule has 0 spiro atoms. The minimum atomic E-state index is -2.54. The van der Waals surface area contributed by atoms with Gasteiger partial charge in [-0.15, -0.1) is 0 Å². The van der Waals surface area contributed by atoms with Gasteiger partial charge in [0.2, 0.25) is 5.91 Å². The average molecular weight is 538 g/mol. The summed E-state index contributed by atoms with van der Waals surface area (Å²) in [5.41, 5.74) is 0.794. The molecule has 0 saturated heterocycles. The number of nitrogens with one attached hydrogen (secondary N) is 1. The molecule has 1 aliphatic carbocycles. The molecule has 1 atom stereocenters.